The Hall–Kier alpha value is -1.71. The van der Waals surface area contributed by atoms with E-state index in [2.05, 4.69) is 35.8 Å². The van der Waals surface area contributed by atoms with E-state index in [0.717, 1.165) is 29.8 Å². The molecule has 0 spiro atoms. The van der Waals surface area contributed by atoms with Crippen LogP contribution in [0.3, 0.4) is 0 Å². The Morgan fingerprint density at radius 3 is 2.28 bits per heavy atom. The molecule has 0 saturated heterocycles. The fraction of sp³-hybridized carbons (Fsp3) is 0.500. The van der Waals surface area contributed by atoms with Gasteiger partial charge in [0.2, 0.25) is 0 Å². The molecule has 0 atom stereocenters. The van der Waals surface area contributed by atoms with Gasteiger partial charge in [-0.1, -0.05) is 27.2 Å². The lowest BCUT2D eigenvalue weighted by atomic mass is 9.87. The highest BCUT2D eigenvalue weighted by Crippen LogP contribution is 2.26. The van der Waals surface area contributed by atoms with E-state index in [9.17, 15) is 0 Å². The van der Waals surface area contributed by atoms with E-state index in [1.54, 1.807) is 4.68 Å². The van der Waals surface area contributed by atoms with Crippen LogP contribution in [0, 0.1) is 0 Å². The maximum Gasteiger partial charge on any atom is 0.133 e. The zero-order valence-electron chi connectivity index (χ0n) is 11.5. The number of hydrogen-bond donors (Lipinski definition) is 0. The second kappa shape index (κ2) is 4.88. The number of hydrogen-bond acceptors (Lipinski definition) is 3. The minimum absolute atomic E-state index is 0.0439. The van der Waals surface area contributed by atoms with Crippen LogP contribution in [0.2, 0.25) is 0 Å². The van der Waals surface area contributed by atoms with Crippen LogP contribution in [0.15, 0.2) is 24.8 Å². The SMILES string of the molecule is CCCC(C)(C)c1ncc(-c2cnn(C)c2)cn1. The fourth-order valence-corrected chi connectivity index (χ4v) is 2.13. The van der Waals surface area contributed by atoms with E-state index in [-0.39, 0.29) is 5.41 Å². The summed E-state index contributed by atoms with van der Waals surface area (Å²) in [7, 11) is 1.91. The Morgan fingerprint density at radius 2 is 1.78 bits per heavy atom. The molecule has 0 aliphatic heterocycles. The van der Waals surface area contributed by atoms with Gasteiger partial charge in [-0.3, -0.25) is 4.68 Å². The fourth-order valence-electron chi connectivity index (χ4n) is 2.13. The predicted octanol–water partition coefficient (Wildman–Crippen LogP) is 2.95. The number of aryl methyl sites for hydroxylation is 1. The van der Waals surface area contributed by atoms with Crippen LogP contribution in [0.1, 0.15) is 39.4 Å². The summed E-state index contributed by atoms with van der Waals surface area (Å²) in [6.07, 6.45) is 9.80. The van der Waals surface area contributed by atoms with E-state index < -0.39 is 0 Å². The third-order valence-electron chi connectivity index (χ3n) is 3.17. The number of nitrogens with zero attached hydrogens (tertiary/aromatic N) is 4. The maximum absolute atomic E-state index is 4.51. The Morgan fingerprint density at radius 1 is 1.11 bits per heavy atom. The van der Waals surface area contributed by atoms with Crippen LogP contribution in [-0.2, 0) is 12.5 Å². The molecule has 4 heteroatoms. The van der Waals surface area contributed by atoms with Gasteiger partial charge in [0.15, 0.2) is 0 Å². The smallest absolute Gasteiger partial charge is 0.133 e. The maximum atomic E-state index is 4.51. The van der Waals surface area contributed by atoms with Gasteiger partial charge in [0.05, 0.1) is 6.20 Å². The molecule has 2 aromatic heterocycles. The van der Waals surface area contributed by atoms with Gasteiger partial charge in [-0.2, -0.15) is 5.10 Å². The van der Waals surface area contributed by atoms with E-state index in [0.29, 0.717) is 0 Å². The Labute approximate surface area is 108 Å². The second-order valence-electron chi connectivity index (χ2n) is 5.33. The van der Waals surface area contributed by atoms with Gasteiger partial charge in [-0.15, -0.1) is 0 Å². The first-order valence-electron chi connectivity index (χ1n) is 6.34. The first-order chi connectivity index (χ1) is 8.53. The minimum Gasteiger partial charge on any atom is -0.275 e. The van der Waals surface area contributed by atoms with Crippen LogP contribution in [-0.4, -0.2) is 19.7 Å². The summed E-state index contributed by atoms with van der Waals surface area (Å²) in [5.74, 6) is 0.914. The third kappa shape index (κ3) is 2.58. The summed E-state index contributed by atoms with van der Waals surface area (Å²) < 4.78 is 1.78. The standard InChI is InChI=1S/C14H20N4/c1-5-6-14(2,3)13-15-7-11(8-16-13)12-9-17-18(4)10-12/h7-10H,5-6H2,1-4H3. The molecule has 2 aromatic rings. The van der Waals surface area contributed by atoms with Gasteiger partial charge >= 0.3 is 0 Å². The normalized spacial score (nSPS) is 11.8. The molecule has 2 heterocycles. The Balaban J connectivity index is 2.25. The zero-order valence-corrected chi connectivity index (χ0v) is 11.5. The summed E-state index contributed by atoms with van der Waals surface area (Å²) in [5.41, 5.74) is 2.11. The van der Waals surface area contributed by atoms with E-state index in [4.69, 9.17) is 0 Å². The molecule has 0 aliphatic rings. The van der Waals surface area contributed by atoms with Crippen molar-refractivity contribution in [3.05, 3.63) is 30.6 Å². The van der Waals surface area contributed by atoms with Crippen molar-refractivity contribution in [2.45, 2.75) is 39.0 Å². The lowest BCUT2D eigenvalue weighted by Gasteiger charge is -2.21. The quantitative estimate of drug-likeness (QED) is 0.830. The Kier molecular flexibility index (Phi) is 3.45. The van der Waals surface area contributed by atoms with Gasteiger partial charge in [-0.25, -0.2) is 9.97 Å². The van der Waals surface area contributed by atoms with Crippen LogP contribution in [0.4, 0.5) is 0 Å². The van der Waals surface area contributed by atoms with E-state index >= 15 is 0 Å². The van der Waals surface area contributed by atoms with Crippen molar-refractivity contribution in [1.29, 1.82) is 0 Å². The molecule has 4 nitrogen and oxygen atoms in total. The molecule has 96 valence electrons. The van der Waals surface area contributed by atoms with Crippen molar-refractivity contribution in [3.8, 4) is 11.1 Å². The van der Waals surface area contributed by atoms with Crippen LogP contribution >= 0.6 is 0 Å². The molecule has 2 rings (SSSR count). The van der Waals surface area contributed by atoms with Gasteiger partial charge < -0.3 is 0 Å². The topological polar surface area (TPSA) is 43.6 Å². The van der Waals surface area contributed by atoms with Gasteiger partial charge in [0.25, 0.3) is 0 Å². The molecule has 0 unspecified atom stereocenters. The molecule has 0 radical (unpaired) electrons. The van der Waals surface area contributed by atoms with Crippen LogP contribution < -0.4 is 0 Å². The van der Waals surface area contributed by atoms with Crippen LogP contribution in [0.5, 0.6) is 0 Å². The second-order valence-corrected chi connectivity index (χ2v) is 5.33. The lowest BCUT2D eigenvalue weighted by Crippen LogP contribution is -2.20. The molecular weight excluding hydrogens is 224 g/mol. The average molecular weight is 244 g/mol. The third-order valence-corrected chi connectivity index (χ3v) is 3.17. The first-order valence-corrected chi connectivity index (χ1v) is 6.34. The summed E-state index contributed by atoms with van der Waals surface area (Å²) >= 11 is 0. The van der Waals surface area contributed by atoms with E-state index in [1.807, 2.05) is 31.8 Å². The molecule has 0 N–H and O–H groups in total. The van der Waals surface area contributed by atoms with Crippen molar-refractivity contribution in [2.75, 3.05) is 0 Å². The molecule has 0 fully saturated rings. The monoisotopic (exact) mass is 244 g/mol. The molecule has 0 saturated carbocycles. The molecular formula is C14H20N4. The highest BCUT2D eigenvalue weighted by Gasteiger charge is 2.22. The molecule has 0 aliphatic carbocycles. The van der Waals surface area contributed by atoms with Crippen molar-refractivity contribution < 1.29 is 0 Å². The predicted molar refractivity (Wildman–Crippen MR) is 72.2 cm³/mol. The molecule has 18 heavy (non-hydrogen) atoms. The van der Waals surface area contributed by atoms with Gasteiger partial charge in [0, 0.05) is 42.2 Å². The minimum atomic E-state index is 0.0439. The lowest BCUT2D eigenvalue weighted by molar-refractivity contribution is 0.444. The van der Waals surface area contributed by atoms with E-state index in [1.165, 1.54) is 0 Å². The summed E-state index contributed by atoms with van der Waals surface area (Å²) in [4.78, 5) is 9.01. The van der Waals surface area contributed by atoms with Gasteiger partial charge in [-0.05, 0) is 6.42 Å². The zero-order chi connectivity index (χ0) is 13.2. The summed E-state index contributed by atoms with van der Waals surface area (Å²) in [5, 5.41) is 4.15. The highest BCUT2D eigenvalue weighted by molar-refractivity contribution is 5.59. The summed E-state index contributed by atoms with van der Waals surface area (Å²) in [6.45, 7) is 6.57. The number of aromatic nitrogens is 4. The van der Waals surface area contributed by atoms with Crippen molar-refractivity contribution in [2.24, 2.45) is 7.05 Å². The van der Waals surface area contributed by atoms with Gasteiger partial charge in [0.1, 0.15) is 5.82 Å². The number of rotatable bonds is 4. The molecule has 0 aromatic carbocycles. The van der Waals surface area contributed by atoms with Crippen molar-refractivity contribution in [3.63, 3.8) is 0 Å². The average Bonchev–Trinajstić information content (AvgIpc) is 2.76. The largest absolute Gasteiger partial charge is 0.275 e. The van der Waals surface area contributed by atoms with Crippen molar-refractivity contribution in [1.82, 2.24) is 19.7 Å². The highest BCUT2D eigenvalue weighted by atomic mass is 15.2. The molecule has 0 bridgehead atoms. The van der Waals surface area contributed by atoms with Crippen LogP contribution in [0.25, 0.3) is 11.1 Å². The summed E-state index contributed by atoms with van der Waals surface area (Å²) in [6, 6.07) is 0. The molecule has 0 amide bonds. The Bertz CT molecular complexity index is 511. The van der Waals surface area contributed by atoms with Crippen molar-refractivity contribution >= 4 is 0 Å². The first kappa shape index (κ1) is 12.7.